The number of hydrogen-bond donors (Lipinski definition) is 1. The Morgan fingerprint density at radius 2 is 1.89 bits per heavy atom. The van der Waals surface area contributed by atoms with Gasteiger partial charge in [0.15, 0.2) is 0 Å². The monoisotopic (exact) mass is 240 g/mol. The molecule has 18 heavy (non-hydrogen) atoms. The van der Waals surface area contributed by atoms with Crippen molar-refractivity contribution in [1.82, 2.24) is 4.98 Å². The van der Waals surface area contributed by atoms with Gasteiger partial charge in [-0.3, -0.25) is 0 Å². The van der Waals surface area contributed by atoms with Crippen LogP contribution in [0.3, 0.4) is 0 Å². The molecule has 1 heterocycles. The third-order valence-electron chi connectivity index (χ3n) is 3.25. The van der Waals surface area contributed by atoms with Gasteiger partial charge in [-0.25, -0.2) is 4.98 Å². The minimum absolute atomic E-state index is 0.572. The molecule has 1 N–H and O–H groups in total. The van der Waals surface area contributed by atoms with Gasteiger partial charge < -0.3 is 5.32 Å². The molecule has 1 atom stereocenters. The standard InChI is InChI=1S/C16H20N2/c1-13(15-8-4-3-5-9-15)10-12-18-16-14(2)7-6-11-17-16/h3-9,11,13H,10,12H2,1-2H3,(H,17,18). The summed E-state index contributed by atoms with van der Waals surface area (Å²) < 4.78 is 0. The van der Waals surface area contributed by atoms with Gasteiger partial charge in [0.25, 0.3) is 0 Å². The Morgan fingerprint density at radius 1 is 1.11 bits per heavy atom. The number of pyridine rings is 1. The third kappa shape index (κ3) is 3.33. The summed E-state index contributed by atoms with van der Waals surface area (Å²) in [7, 11) is 0. The number of anilines is 1. The fraction of sp³-hybridized carbons (Fsp3) is 0.312. The molecular weight excluding hydrogens is 220 g/mol. The van der Waals surface area contributed by atoms with Crippen molar-refractivity contribution in [3.8, 4) is 0 Å². The zero-order valence-corrected chi connectivity index (χ0v) is 11.1. The molecule has 0 aliphatic heterocycles. The molecule has 2 heteroatoms. The number of aryl methyl sites for hydroxylation is 1. The normalized spacial score (nSPS) is 12.1. The van der Waals surface area contributed by atoms with Crippen molar-refractivity contribution in [3.05, 3.63) is 59.8 Å². The first kappa shape index (κ1) is 12.6. The van der Waals surface area contributed by atoms with Crippen molar-refractivity contribution in [2.24, 2.45) is 0 Å². The van der Waals surface area contributed by atoms with E-state index in [1.165, 1.54) is 11.1 Å². The van der Waals surface area contributed by atoms with Crippen LogP contribution in [0.1, 0.15) is 30.4 Å². The quantitative estimate of drug-likeness (QED) is 0.854. The average Bonchev–Trinajstić information content (AvgIpc) is 2.42. The van der Waals surface area contributed by atoms with Crippen LogP contribution in [0.25, 0.3) is 0 Å². The second-order valence-electron chi connectivity index (χ2n) is 4.70. The van der Waals surface area contributed by atoms with Crippen molar-refractivity contribution in [1.29, 1.82) is 0 Å². The van der Waals surface area contributed by atoms with Gasteiger partial charge in [-0.15, -0.1) is 0 Å². The van der Waals surface area contributed by atoms with Gasteiger partial charge in [-0.2, -0.15) is 0 Å². The van der Waals surface area contributed by atoms with Crippen molar-refractivity contribution < 1.29 is 0 Å². The maximum atomic E-state index is 4.34. The lowest BCUT2D eigenvalue weighted by atomic mass is 9.98. The van der Waals surface area contributed by atoms with E-state index in [0.29, 0.717) is 5.92 Å². The molecule has 2 aromatic rings. The first-order valence-corrected chi connectivity index (χ1v) is 6.48. The highest BCUT2D eigenvalue weighted by Gasteiger charge is 2.04. The van der Waals surface area contributed by atoms with Crippen LogP contribution in [0, 0.1) is 6.92 Å². The lowest BCUT2D eigenvalue weighted by Crippen LogP contribution is -2.08. The maximum absolute atomic E-state index is 4.34. The molecule has 0 spiro atoms. The van der Waals surface area contributed by atoms with Crippen LogP contribution in [0.2, 0.25) is 0 Å². The van der Waals surface area contributed by atoms with E-state index in [-0.39, 0.29) is 0 Å². The zero-order chi connectivity index (χ0) is 12.8. The summed E-state index contributed by atoms with van der Waals surface area (Å²) in [5, 5.41) is 3.40. The highest BCUT2D eigenvalue weighted by molar-refractivity contribution is 5.42. The minimum Gasteiger partial charge on any atom is -0.370 e. The molecule has 94 valence electrons. The topological polar surface area (TPSA) is 24.9 Å². The van der Waals surface area contributed by atoms with E-state index in [9.17, 15) is 0 Å². The Bertz CT molecular complexity index is 479. The van der Waals surface area contributed by atoms with Crippen LogP contribution >= 0.6 is 0 Å². The van der Waals surface area contributed by atoms with Gasteiger partial charge in [0.05, 0.1) is 0 Å². The minimum atomic E-state index is 0.572. The molecule has 2 nitrogen and oxygen atoms in total. The number of nitrogens with zero attached hydrogens (tertiary/aromatic N) is 1. The van der Waals surface area contributed by atoms with Crippen LogP contribution in [-0.4, -0.2) is 11.5 Å². The van der Waals surface area contributed by atoms with Crippen molar-refractivity contribution in [2.45, 2.75) is 26.2 Å². The predicted molar refractivity (Wildman–Crippen MR) is 76.9 cm³/mol. The SMILES string of the molecule is Cc1cccnc1NCCC(C)c1ccccc1. The van der Waals surface area contributed by atoms with Gasteiger partial charge in [0, 0.05) is 12.7 Å². The van der Waals surface area contributed by atoms with E-state index in [4.69, 9.17) is 0 Å². The molecular formula is C16H20N2. The zero-order valence-electron chi connectivity index (χ0n) is 11.1. The summed E-state index contributed by atoms with van der Waals surface area (Å²) >= 11 is 0. The Kier molecular flexibility index (Phi) is 4.35. The summed E-state index contributed by atoms with van der Waals surface area (Å²) in [5.41, 5.74) is 2.60. The second kappa shape index (κ2) is 6.20. The predicted octanol–water partition coefficient (Wildman–Crippen LogP) is 4.00. The smallest absolute Gasteiger partial charge is 0.128 e. The van der Waals surface area contributed by atoms with E-state index >= 15 is 0 Å². The fourth-order valence-corrected chi connectivity index (χ4v) is 2.03. The molecule has 0 aliphatic rings. The summed E-state index contributed by atoms with van der Waals surface area (Å²) in [6.45, 7) is 5.30. The lowest BCUT2D eigenvalue weighted by molar-refractivity contribution is 0.704. The molecule has 1 aromatic carbocycles. The summed E-state index contributed by atoms with van der Waals surface area (Å²) in [4.78, 5) is 4.34. The van der Waals surface area contributed by atoms with Crippen LogP contribution in [-0.2, 0) is 0 Å². The third-order valence-corrected chi connectivity index (χ3v) is 3.25. The molecule has 0 amide bonds. The van der Waals surface area contributed by atoms with Crippen molar-refractivity contribution in [3.63, 3.8) is 0 Å². The second-order valence-corrected chi connectivity index (χ2v) is 4.70. The van der Waals surface area contributed by atoms with Crippen LogP contribution < -0.4 is 5.32 Å². The van der Waals surface area contributed by atoms with Gasteiger partial charge in [-0.1, -0.05) is 43.3 Å². The molecule has 1 aromatic heterocycles. The summed E-state index contributed by atoms with van der Waals surface area (Å²) in [6.07, 6.45) is 2.94. The number of nitrogens with one attached hydrogen (secondary N) is 1. The number of aromatic nitrogens is 1. The molecule has 0 saturated carbocycles. The van der Waals surface area contributed by atoms with Gasteiger partial charge in [0.2, 0.25) is 0 Å². The van der Waals surface area contributed by atoms with Gasteiger partial charge in [0.1, 0.15) is 5.82 Å². The fourth-order valence-electron chi connectivity index (χ4n) is 2.03. The Morgan fingerprint density at radius 3 is 2.61 bits per heavy atom. The number of rotatable bonds is 5. The van der Waals surface area contributed by atoms with Crippen LogP contribution in [0.4, 0.5) is 5.82 Å². The van der Waals surface area contributed by atoms with E-state index in [2.05, 4.69) is 60.5 Å². The molecule has 0 radical (unpaired) electrons. The first-order valence-electron chi connectivity index (χ1n) is 6.48. The molecule has 0 fully saturated rings. The van der Waals surface area contributed by atoms with Crippen molar-refractivity contribution >= 4 is 5.82 Å². The largest absolute Gasteiger partial charge is 0.370 e. The first-order chi connectivity index (χ1) is 8.77. The number of benzene rings is 1. The molecule has 2 rings (SSSR count). The van der Waals surface area contributed by atoms with Gasteiger partial charge in [-0.05, 0) is 36.5 Å². The highest BCUT2D eigenvalue weighted by atomic mass is 15.0. The van der Waals surface area contributed by atoms with Crippen LogP contribution in [0.15, 0.2) is 48.7 Å². The molecule has 1 unspecified atom stereocenters. The molecule has 0 bridgehead atoms. The van der Waals surface area contributed by atoms with E-state index in [1.807, 2.05) is 12.3 Å². The van der Waals surface area contributed by atoms with E-state index < -0.39 is 0 Å². The number of hydrogen-bond acceptors (Lipinski definition) is 2. The maximum Gasteiger partial charge on any atom is 0.128 e. The van der Waals surface area contributed by atoms with Crippen LogP contribution in [0.5, 0.6) is 0 Å². The highest BCUT2D eigenvalue weighted by Crippen LogP contribution is 2.18. The van der Waals surface area contributed by atoms with E-state index in [0.717, 1.165) is 18.8 Å². The summed E-state index contributed by atoms with van der Waals surface area (Å²) in [5.74, 6) is 1.57. The Hall–Kier alpha value is -1.83. The average molecular weight is 240 g/mol. The van der Waals surface area contributed by atoms with E-state index in [1.54, 1.807) is 0 Å². The Balaban J connectivity index is 1.84. The van der Waals surface area contributed by atoms with Gasteiger partial charge >= 0.3 is 0 Å². The van der Waals surface area contributed by atoms with Crippen molar-refractivity contribution in [2.75, 3.05) is 11.9 Å². The molecule has 0 aliphatic carbocycles. The Labute approximate surface area is 109 Å². The summed E-state index contributed by atoms with van der Waals surface area (Å²) in [6, 6.07) is 14.7. The lowest BCUT2D eigenvalue weighted by Gasteiger charge is -2.13. The molecule has 0 saturated heterocycles.